The monoisotopic (exact) mass is 475 g/mol. The van der Waals surface area contributed by atoms with E-state index in [1.54, 1.807) is 0 Å². The summed E-state index contributed by atoms with van der Waals surface area (Å²) in [6.45, 7) is 4.76. The van der Waals surface area contributed by atoms with E-state index in [1.807, 2.05) is 44.2 Å². The molecular formula is C16H16Br3NO. The van der Waals surface area contributed by atoms with Crippen LogP contribution in [0.25, 0.3) is 0 Å². The fourth-order valence-electron chi connectivity index (χ4n) is 1.91. The summed E-state index contributed by atoms with van der Waals surface area (Å²) in [6.07, 6.45) is 0.164. The first-order valence-electron chi connectivity index (χ1n) is 6.60. The second kappa shape index (κ2) is 7.65. The van der Waals surface area contributed by atoms with Crippen LogP contribution in [0, 0.1) is 0 Å². The van der Waals surface area contributed by atoms with Gasteiger partial charge in [0.25, 0.3) is 0 Å². The SMILES string of the molecule is CC(C)Oc1ccccc1CNc1c(Br)cc(Br)cc1Br. The molecule has 0 aromatic heterocycles. The number of anilines is 1. The lowest BCUT2D eigenvalue weighted by Gasteiger charge is -2.16. The Morgan fingerprint density at radius 3 is 2.29 bits per heavy atom. The van der Waals surface area contributed by atoms with E-state index in [9.17, 15) is 0 Å². The van der Waals surface area contributed by atoms with Crippen molar-refractivity contribution in [3.8, 4) is 5.75 Å². The molecule has 0 spiro atoms. The molecule has 0 saturated carbocycles. The van der Waals surface area contributed by atoms with Crippen molar-refractivity contribution in [1.29, 1.82) is 0 Å². The number of hydrogen-bond acceptors (Lipinski definition) is 2. The van der Waals surface area contributed by atoms with Crippen molar-refractivity contribution in [1.82, 2.24) is 0 Å². The molecule has 5 heteroatoms. The van der Waals surface area contributed by atoms with Crippen LogP contribution < -0.4 is 10.1 Å². The Morgan fingerprint density at radius 1 is 1.05 bits per heavy atom. The molecule has 0 saturated heterocycles. The second-order valence-electron chi connectivity index (χ2n) is 4.87. The highest BCUT2D eigenvalue weighted by atomic mass is 79.9. The van der Waals surface area contributed by atoms with E-state index >= 15 is 0 Å². The van der Waals surface area contributed by atoms with Crippen LogP contribution in [0.3, 0.4) is 0 Å². The normalized spacial score (nSPS) is 10.8. The summed E-state index contributed by atoms with van der Waals surface area (Å²) >= 11 is 10.6. The molecule has 0 unspecified atom stereocenters. The summed E-state index contributed by atoms with van der Waals surface area (Å²) in [6, 6.07) is 12.1. The zero-order chi connectivity index (χ0) is 15.4. The Labute approximate surface area is 150 Å². The largest absolute Gasteiger partial charge is 0.491 e. The fraction of sp³-hybridized carbons (Fsp3) is 0.250. The molecule has 0 amide bonds. The topological polar surface area (TPSA) is 21.3 Å². The van der Waals surface area contributed by atoms with E-state index in [4.69, 9.17) is 4.74 Å². The van der Waals surface area contributed by atoms with Crippen molar-refractivity contribution in [3.63, 3.8) is 0 Å². The molecule has 0 bridgehead atoms. The first-order chi connectivity index (χ1) is 9.97. The van der Waals surface area contributed by atoms with E-state index in [-0.39, 0.29) is 6.10 Å². The van der Waals surface area contributed by atoms with Crippen LogP contribution in [0.1, 0.15) is 19.4 Å². The van der Waals surface area contributed by atoms with Crippen molar-refractivity contribution in [2.75, 3.05) is 5.32 Å². The smallest absolute Gasteiger partial charge is 0.124 e. The lowest BCUT2D eigenvalue weighted by molar-refractivity contribution is 0.240. The van der Waals surface area contributed by atoms with Gasteiger partial charge < -0.3 is 10.1 Å². The van der Waals surface area contributed by atoms with Gasteiger partial charge in [0.15, 0.2) is 0 Å². The molecule has 0 heterocycles. The molecule has 21 heavy (non-hydrogen) atoms. The molecule has 2 aromatic rings. The van der Waals surface area contributed by atoms with Crippen molar-refractivity contribution >= 4 is 53.5 Å². The molecule has 0 fully saturated rings. The van der Waals surface area contributed by atoms with Gasteiger partial charge in [-0.1, -0.05) is 34.1 Å². The molecule has 0 aliphatic heterocycles. The quantitative estimate of drug-likeness (QED) is 0.540. The lowest BCUT2D eigenvalue weighted by Crippen LogP contribution is -2.09. The van der Waals surface area contributed by atoms with Crippen molar-refractivity contribution in [3.05, 3.63) is 55.4 Å². The minimum Gasteiger partial charge on any atom is -0.491 e. The van der Waals surface area contributed by atoms with E-state index in [0.717, 1.165) is 30.4 Å². The van der Waals surface area contributed by atoms with Crippen LogP contribution in [-0.2, 0) is 6.54 Å². The van der Waals surface area contributed by atoms with Gasteiger partial charge in [0, 0.05) is 25.5 Å². The van der Waals surface area contributed by atoms with Crippen LogP contribution in [-0.4, -0.2) is 6.10 Å². The zero-order valence-corrected chi connectivity index (χ0v) is 16.5. The van der Waals surface area contributed by atoms with Gasteiger partial charge >= 0.3 is 0 Å². The van der Waals surface area contributed by atoms with Crippen molar-refractivity contribution < 1.29 is 4.74 Å². The number of rotatable bonds is 5. The molecular weight excluding hydrogens is 462 g/mol. The first-order valence-corrected chi connectivity index (χ1v) is 8.98. The minimum absolute atomic E-state index is 0.164. The van der Waals surface area contributed by atoms with Crippen molar-refractivity contribution in [2.45, 2.75) is 26.5 Å². The molecule has 2 rings (SSSR count). The van der Waals surface area contributed by atoms with Crippen LogP contribution in [0.4, 0.5) is 5.69 Å². The third kappa shape index (κ3) is 4.73. The highest BCUT2D eigenvalue weighted by Gasteiger charge is 2.09. The van der Waals surface area contributed by atoms with E-state index < -0.39 is 0 Å². The predicted octanol–water partition coefficient (Wildman–Crippen LogP) is 6.37. The average molecular weight is 478 g/mol. The number of nitrogens with one attached hydrogen (secondary N) is 1. The molecule has 0 atom stereocenters. The predicted molar refractivity (Wildman–Crippen MR) is 99.1 cm³/mol. The summed E-state index contributed by atoms with van der Waals surface area (Å²) in [7, 11) is 0. The standard InChI is InChI=1S/C16H16Br3NO/c1-10(2)21-15-6-4-3-5-11(15)9-20-16-13(18)7-12(17)8-14(16)19/h3-8,10,20H,9H2,1-2H3. The van der Waals surface area contributed by atoms with Crippen LogP contribution >= 0.6 is 47.8 Å². The fourth-order valence-corrected chi connectivity index (χ4v) is 4.45. The van der Waals surface area contributed by atoms with E-state index in [0.29, 0.717) is 6.54 Å². The highest BCUT2D eigenvalue weighted by Crippen LogP contribution is 2.35. The van der Waals surface area contributed by atoms with Gasteiger partial charge in [-0.3, -0.25) is 0 Å². The van der Waals surface area contributed by atoms with Gasteiger partial charge in [0.1, 0.15) is 5.75 Å². The van der Waals surface area contributed by atoms with Gasteiger partial charge in [-0.2, -0.15) is 0 Å². The van der Waals surface area contributed by atoms with Crippen LogP contribution in [0.15, 0.2) is 49.8 Å². The lowest BCUT2D eigenvalue weighted by atomic mass is 10.2. The minimum atomic E-state index is 0.164. The van der Waals surface area contributed by atoms with Crippen LogP contribution in [0.2, 0.25) is 0 Å². The molecule has 2 aromatic carbocycles. The van der Waals surface area contributed by atoms with Gasteiger partial charge in [-0.05, 0) is 63.9 Å². The summed E-state index contributed by atoms with van der Waals surface area (Å²) in [5, 5.41) is 3.44. The van der Waals surface area contributed by atoms with E-state index in [1.165, 1.54) is 0 Å². The van der Waals surface area contributed by atoms with Crippen molar-refractivity contribution in [2.24, 2.45) is 0 Å². The first kappa shape index (κ1) is 16.8. The third-order valence-corrected chi connectivity index (χ3v) is 4.51. The molecule has 0 radical (unpaired) electrons. The number of para-hydroxylation sites is 1. The maximum atomic E-state index is 5.84. The number of benzene rings is 2. The Morgan fingerprint density at radius 2 is 1.67 bits per heavy atom. The van der Waals surface area contributed by atoms with E-state index in [2.05, 4.69) is 59.2 Å². The molecule has 0 aliphatic rings. The highest BCUT2D eigenvalue weighted by molar-refractivity contribution is 9.11. The maximum absolute atomic E-state index is 5.84. The second-order valence-corrected chi connectivity index (χ2v) is 7.50. The van der Waals surface area contributed by atoms with Gasteiger partial charge in [-0.25, -0.2) is 0 Å². The summed E-state index contributed by atoms with van der Waals surface area (Å²) in [5.41, 5.74) is 2.16. The summed E-state index contributed by atoms with van der Waals surface area (Å²) in [5.74, 6) is 0.921. The molecule has 0 aliphatic carbocycles. The Bertz CT molecular complexity index is 606. The molecule has 1 N–H and O–H groups in total. The third-order valence-electron chi connectivity index (χ3n) is 2.80. The zero-order valence-electron chi connectivity index (χ0n) is 11.8. The Kier molecular flexibility index (Phi) is 6.14. The van der Waals surface area contributed by atoms with Crippen LogP contribution in [0.5, 0.6) is 5.75 Å². The Hall–Kier alpha value is -0.520. The molecule has 112 valence electrons. The Balaban J connectivity index is 2.17. The van der Waals surface area contributed by atoms with Gasteiger partial charge in [0.05, 0.1) is 11.8 Å². The van der Waals surface area contributed by atoms with Gasteiger partial charge in [-0.15, -0.1) is 0 Å². The molecule has 2 nitrogen and oxygen atoms in total. The maximum Gasteiger partial charge on any atom is 0.124 e. The average Bonchev–Trinajstić information content (AvgIpc) is 2.38. The number of hydrogen-bond donors (Lipinski definition) is 1. The van der Waals surface area contributed by atoms with Gasteiger partial charge in [0.2, 0.25) is 0 Å². The summed E-state index contributed by atoms with van der Waals surface area (Å²) < 4.78 is 8.88. The summed E-state index contributed by atoms with van der Waals surface area (Å²) in [4.78, 5) is 0. The number of halogens is 3. The number of ether oxygens (including phenoxy) is 1.